The minimum absolute atomic E-state index is 0.0666. The molecule has 6 heteroatoms. The number of likely N-dealkylation sites (tertiary alicyclic amines) is 1. The SMILES string of the molecule is CC1CCCN(C(N)=NCCS(C)(=O)=O)C1. The molecule has 1 aliphatic heterocycles. The molecule has 94 valence electrons. The number of nitrogens with zero attached hydrogens (tertiary/aromatic N) is 2. The van der Waals surface area contributed by atoms with Crippen LogP contribution >= 0.6 is 0 Å². The van der Waals surface area contributed by atoms with E-state index >= 15 is 0 Å². The second-order valence-corrected chi connectivity index (χ2v) is 6.82. The Morgan fingerprint density at radius 1 is 1.56 bits per heavy atom. The van der Waals surface area contributed by atoms with Gasteiger partial charge in [0.25, 0.3) is 0 Å². The van der Waals surface area contributed by atoms with Crippen LogP contribution in [0.3, 0.4) is 0 Å². The zero-order valence-corrected chi connectivity index (χ0v) is 10.8. The smallest absolute Gasteiger partial charge is 0.191 e. The number of guanidine groups is 1. The molecule has 1 rings (SSSR count). The first-order chi connectivity index (χ1) is 7.38. The van der Waals surface area contributed by atoms with Crippen LogP contribution in [0.1, 0.15) is 19.8 Å². The van der Waals surface area contributed by atoms with E-state index < -0.39 is 9.84 Å². The van der Waals surface area contributed by atoms with Gasteiger partial charge in [0, 0.05) is 19.3 Å². The lowest BCUT2D eigenvalue weighted by Gasteiger charge is -2.31. The molecule has 0 aromatic rings. The third kappa shape index (κ3) is 4.83. The van der Waals surface area contributed by atoms with Gasteiger partial charge in [0.05, 0.1) is 12.3 Å². The second kappa shape index (κ2) is 5.52. The maximum Gasteiger partial charge on any atom is 0.191 e. The van der Waals surface area contributed by atoms with Crippen molar-refractivity contribution in [3.8, 4) is 0 Å². The molecule has 1 saturated heterocycles. The molecule has 2 N–H and O–H groups in total. The van der Waals surface area contributed by atoms with Gasteiger partial charge < -0.3 is 10.6 Å². The van der Waals surface area contributed by atoms with Gasteiger partial charge in [-0.25, -0.2) is 8.42 Å². The molecule has 1 unspecified atom stereocenters. The molecule has 0 aliphatic carbocycles. The lowest BCUT2D eigenvalue weighted by molar-refractivity contribution is 0.270. The fourth-order valence-electron chi connectivity index (χ4n) is 1.82. The highest BCUT2D eigenvalue weighted by Gasteiger charge is 2.17. The van der Waals surface area contributed by atoms with E-state index in [9.17, 15) is 8.42 Å². The molecular weight excluding hydrogens is 226 g/mol. The van der Waals surface area contributed by atoms with Crippen molar-refractivity contribution in [1.29, 1.82) is 0 Å². The molecule has 0 bridgehead atoms. The third-order valence-electron chi connectivity index (χ3n) is 2.72. The molecule has 1 aliphatic rings. The van der Waals surface area contributed by atoms with Crippen molar-refractivity contribution in [3.05, 3.63) is 0 Å². The zero-order valence-electron chi connectivity index (χ0n) is 10.0. The Kier molecular flexibility index (Phi) is 4.58. The van der Waals surface area contributed by atoms with Crippen LogP contribution in [0.5, 0.6) is 0 Å². The fraction of sp³-hybridized carbons (Fsp3) is 0.900. The second-order valence-electron chi connectivity index (χ2n) is 4.56. The van der Waals surface area contributed by atoms with Crippen molar-refractivity contribution >= 4 is 15.8 Å². The Hall–Kier alpha value is -0.780. The summed E-state index contributed by atoms with van der Waals surface area (Å²) in [5.41, 5.74) is 5.82. The summed E-state index contributed by atoms with van der Waals surface area (Å²) < 4.78 is 21.8. The number of piperidine rings is 1. The molecule has 1 atom stereocenters. The quantitative estimate of drug-likeness (QED) is 0.566. The topological polar surface area (TPSA) is 75.8 Å². The van der Waals surface area contributed by atoms with Crippen molar-refractivity contribution in [2.24, 2.45) is 16.6 Å². The van der Waals surface area contributed by atoms with E-state index in [1.165, 1.54) is 12.7 Å². The molecule has 0 aromatic carbocycles. The van der Waals surface area contributed by atoms with Crippen LogP contribution in [0.25, 0.3) is 0 Å². The number of aliphatic imine (C=N–C) groups is 1. The molecule has 0 saturated carbocycles. The Morgan fingerprint density at radius 2 is 2.25 bits per heavy atom. The minimum Gasteiger partial charge on any atom is -0.370 e. The van der Waals surface area contributed by atoms with Crippen LogP contribution in [0.15, 0.2) is 4.99 Å². The first-order valence-corrected chi connectivity index (χ1v) is 7.67. The summed E-state index contributed by atoms with van der Waals surface area (Å²) >= 11 is 0. The molecule has 0 aromatic heterocycles. The summed E-state index contributed by atoms with van der Waals surface area (Å²) in [5.74, 6) is 1.18. The first kappa shape index (κ1) is 13.3. The van der Waals surface area contributed by atoms with E-state index in [4.69, 9.17) is 5.73 Å². The molecule has 0 radical (unpaired) electrons. The van der Waals surface area contributed by atoms with Gasteiger partial charge in [0.1, 0.15) is 9.84 Å². The monoisotopic (exact) mass is 247 g/mol. The molecular formula is C10H21N3O2S. The Bertz CT molecular complexity index is 351. The highest BCUT2D eigenvalue weighted by Crippen LogP contribution is 2.14. The summed E-state index contributed by atoms with van der Waals surface area (Å²) in [6.07, 6.45) is 3.57. The predicted molar refractivity (Wildman–Crippen MR) is 66.2 cm³/mol. The summed E-state index contributed by atoms with van der Waals surface area (Å²) in [4.78, 5) is 6.15. The zero-order chi connectivity index (χ0) is 12.2. The lowest BCUT2D eigenvalue weighted by atomic mass is 10.0. The summed E-state index contributed by atoms with van der Waals surface area (Å²) in [7, 11) is -2.94. The maximum atomic E-state index is 10.9. The molecule has 16 heavy (non-hydrogen) atoms. The van der Waals surface area contributed by atoms with Gasteiger partial charge in [-0.05, 0) is 18.8 Å². The molecule has 1 fully saturated rings. The molecule has 1 heterocycles. The molecule has 0 spiro atoms. The van der Waals surface area contributed by atoms with Crippen molar-refractivity contribution < 1.29 is 8.42 Å². The highest BCUT2D eigenvalue weighted by atomic mass is 32.2. The van der Waals surface area contributed by atoms with E-state index in [1.807, 2.05) is 4.90 Å². The van der Waals surface area contributed by atoms with Crippen LogP contribution in [-0.2, 0) is 9.84 Å². The van der Waals surface area contributed by atoms with Gasteiger partial charge in [-0.3, -0.25) is 4.99 Å². The van der Waals surface area contributed by atoms with Gasteiger partial charge >= 0.3 is 0 Å². The Balaban J connectivity index is 2.43. The van der Waals surface area contributed by atoms with Gasteiger partial charge in [-0.15, -0.1) is 0 Å². The first-order valence-electron chi connectivity index (χ1n) is 5.61. The normalized spacial score (nSPS) is 23.5. The average Bonchev–Trinajstić information content (AvgIpc) is 2.15. The third-order valence-corrected chi connectivity index (χ3v) is 3.64. The van der Waals surface area contributed by atoms with Crippen LogP contribution in [0.4, 0.5) is 0 Å². The number of rotatable bonds is 3. The Morgan fingerprint density at radius 3 is 2.81 bits per heavy atom. The van der Waals surface area contributed by atoms with E-state index in [0.29, 0.717) is 11.9 Å². The standard InChI is InChI=1S/C10H21N3O2S/c1-9-4-3-6-13(8-9)10(11)12-5-7-16(2,14)15/h9H,3-8H2,1-2H3,(H2,11,12). The summed E-state index contributed by atoms with van der Waals surface area (Å²) in [6, 6.07) is 0. The number of hydrogen-bond donors (Lipinski definition) is 1. The largest absolute Gasteiger partial charge is 0.370 e. The van der Waals surface area contributed by atoms with Crippen molar-refractivity contribution in [2.45, 2.75) is 19.8 Å². The average molecular weight is 247 g/mol. The fourth-order valence-corrected chi connectivity index (χ4v) is 2.25. The van der Waals surface area contributed by atoms with Crippen LogP contribution in [0, 0.1) is 5.92 Å². The lowest BCUT2D eigenvalue weighted by Crippen LogP contribution is -2.43. The number of sulfone groups is 1. The van der Waals surface area contributed by atoms with Gasteiger partial charge in [-0.2, -0.15) is 0 Å². The maximum absolute atomic E-state index is 10.9. The van der Waals surface area contributed by atoms with Crippen LogP contribution < -0.4 is 5.73 Å². The van der Waals surface area contributed by atoms with E-state index in [1.54, 1.807) is 0 Å². The van der Waals surface area contributed by atoms with Gasteiger partial charge in [0.2, 0.25) is 0 Å². The summed E-state index contributed by atoms with van der Waals surface area (Å²) in [5, 5.41) is 0. The van der Waals surface area contributed by atoms with E-state index in [-0.39, 0.29) is 12.3 Å². The Labute approximate surface area is 97.6 Å². The summed E-state index contributed by atoms with van der Waals surface area (Å²) in [6.45, 7) is 4.30. The highest BCUT2D eigenvalue weighted by molar-refractivity contribution is 7.90. The van der Waals surface area contributed by atoms with Crippen LogP contribution in [0.2, 0.25) is 0 Å². The van der Waals surface area contributed by atoms with Crippen molar-refractivity contribution in [3.63, 3.8) is 0 Å². The van der Waals surface area contributed by atoms with E-state index in [2.05, 4.69) is 11.9 Å². The van der Waals surface area contributed by atoms with Gasteiger partial charge in [0.15, 0.2) is 5.96 Å². The van der Waals surface area contributed by atoms with Crippen molar-refractivity contribution in [1.82, 2.24) is 4.90 Å². The van der Waals surface area contributed by atoms with Crippen LogP contribution in [-0.4, -0.2) is 50.9 Å². The molecule has 0 amide bonds. The van der Waals surface area contributed by atoms with Gasteiger partial charge in [-0.1, -0.05) is 6.92 Å². The molecule has 5 nitrogen and oxygen atoms in total. The minimum atomic E-state index is -2.94. The predicted octanol–water partition coefficient (Wildman–Crippen LogP) is 0.0776. The number of nitrogens with two attached hydrogens (primary N) is 1. The van der Waals surface area contributed by atoms with E-state index in [0.717, 1.165) is 19.5 Å². The number of hydrogen-bond acceptors (Lipinski definition) is 3. The van der Waals surface area contributed by atoms with Crippen molar-refractivity contribution in [2.75, 3.05) is 31.6 Å².